The van der Waals surface area contributed by atoms with Gasteiger partial charge in [-0.15, -0.1) is 11.8 Å². The lowest BCUT2D eigenvalue weighted by Gasteiger charge is -2.05. The Balaban J connectivity index is 2.07. The van der Waals surface area contributed by atoms with Gasteiger partial charge in [0.15, 0.2) is 5.65 Å². The highest BCUT2D eigenvalue weighted by molar-refractivity contribution is 7.98. The number of anilines is 1. The Morgan fingerprint density at radius 1 is 1.45 bits per heavy atom. The van der Waals surface area contributed by atoms with E-state index in [9.17, 15) is 10.2 Å². The molecule has 2 heterocycles. The number of imidazole rings is 1. The Bertz CT molecular complexity index is 692. The van der Waals surface area contributed by atoms with Crippen molar-refractivity contribution < 1.29 is 10.2 Å². The number of hydrogen-bond acceptors (Lipinski definition) is 7. The predicted molar refractivity (Wildman–Crippen MR) is 77.0 cm³/mol. The molecule has 7 nitrogen and oxygen atoms in total. The summed E-state index contributed by atoms with van der Waals surface area (Å²) in [6, 6.07) is 0. The summed E-state index contributed by atoms with van der Waals surface area (Å²) >= 11 is 1.46. The van der Waals surface area contributed by atoms with Crippen LogP contribution in [-0.2, 0) is 0 Å². The molecule has 3 rings (SSSR count). The van der Waals surface area contributed by atoms with Crippen molar-refractivity contribution in [2.75, 3.05) is 25.2 Å². The summed E-state index contributed by atoms with van der Waals surface area (Å²) in [4.78, 5) is 12.7. The van der Waals surface area contributed by atoms with E-state index in [1.807, 2.05) is 12.5 Å². The lowest BCUT2D eigenvalue weighted by molar-refractivity contribution is 0.143. The van der Waals surface area contributed by atoms with Gasteiger partial charge in [0.25, 0.3) is 0 Å². The van der Waals surface area contributed by atoms with Gasteiger partial charge in [-0.2, -0.15) is 4.98 Å². The van der Waals surface area contributed by atoms with Crippen LogP contribution in [-0.4, -0.2) is 49.2 Å². The van der Waals surface area contributed by atoms with Crippen molar-refractivity contribution in [1.29, 1.82) is 0 Å². The van der Waals surface area contributed by atoms with Crippen LogP contribution in [0.1, 0.15) is 6.42 Å². The van der Waals surface area contributed by atoms with Crippen molar-refractivity contribution in [1.82, 2.24) is 19.5 Å². The van der Waals surface area contributed by atoms with Gasteiger partial charge in [0.05, 0.1) is 13.2 Å². The molecule has 0 atom stereocenters. The molecule has 2 aromatic rings. The van der Waals surface area contributed by atoms with E-state index < -0.39 is 5.41 Å². The van der Waals surface area contributed by atoms with Crippen molar-refractivity contribution in [2.24, 2.45) is 5.41 Å². The molecule has 4 N–H and O–H groups in total. The van der Waals surface area contributed by atoms with Gasteiger partial charge in [-0.25, -0.2) is 9.97 Å². The van der Waals surface area contributed by atoms with Crippen LogP contribution in [0.15, 0.2) is 16.9 Å². The Morgan fingerprint density at radius 2 is 2.20 bits per heavy atom. The molecular weight excluding hydrogens is 278 g/mol. The summed E-state index contributed by atoms with van der Waals surface area (Å²) < 4.78 is 1.76. The number of aliphatic hydroxyl groups is 2. The predicted octanol–water partition coefficient (Wildman–Crippen LogP) is 0.346. The summed E-state index contributed by atoms with van der Waals surface area (Å²) in [5.41, 5.74) is 7.52. The molecule has 0 radical (unpaired) electrons. The van der Waals surface area contributed by atoms with Crippen molar-refractivity contribution in [2.45, 2.75) is 11.4 Å². The maximum Gasteiger partial charge on any atom is 0.223 e. The van der Waals surface area contributed by atoms with Gasteiger partial charge < -0.3 is 15.9 Å². The van der Waals surface area contributed by atoms with E-state index in [-0.39, 0.29) is 19.2 Å². The maximum absolute atomic E-state index is 9.32. The molecular formula is C12H15N5O2S. The first kappa shape index (κ1) is 13.3. The van der Waals surface area contributed by atoms with Crippen molar-refractivity contribution in [3.8, 4) is 0 Å². The van der Waals surface area contributed by atoms with E-state index >= 15 is 0 Å². The Kier molecular flexibility index (Phi) is 3.15. The molecule has 1 saturated carbocycles. The van der Waals surface area contributed by atoms with E-state index in [0.29, 0.717) is 17.6 Å². The second-order valence-electron chi connectivity index (χ2n) is 4.84. The number of thioether (sulfide) groups is 1. The summed E-state index contributed by atoms with van der Waals surface area (Å²) in [5, 5.41) is 19.4. The van der Waals surface area contributed by atoms with E-state index in [4.69, 9.17) is 5.73 Å². The number of fused-ring (bicyclic) bond motifs is 1. The molecule has 106 valence electrons. The van der Waals surface area contributed by atoms with Crippen LogP contribution in [0, 0.1) is 5.41 Å². The summed E-state index contributed by atoms with van der Waals surface area (Å²) in [7, 11) is 0. The van der Waals surface area contributed by atoms with E-state index in [1.54, 1.807) is 10.9 Å². The van der Waals surface area contributed by atoms with Crippen molar-refractivity contribution >= 4 is 35.1 Å². The molecule has 0 unspecified atom stereocenters. The number of hydrogen-bond donors (Lipinski definition) is 3. The van der Waals surface area contributed by atoms with Crippen LogP contribution in [0.25, 0.3) is 17.4 Å². The van der Waals surface area contributed by atoms with Gasteiger partial charge in [-0.1, -0.05) is 0 Å². The van der Waals surface area contributed by atoms with Gasteiger partial charge in [0, 0.05) is 11.6 Å². The fourth-order valence-electron chi connectivity index (χ4n) is 2.18. The smallest absolute Gasteiger partial charge is 0.223 e. The number of aliphatic hydroxyl groups excluding tert-OH is 2. The van der Waals surface area contributed by atoms with E-state index in [2.05, 4.69) is 15.0 Å². The monoisotopic (exact) mass is 293 g/mol. The summed E-state index contributed by atoms with van der Waals surface area (Å²) in [6.07, 6.45) is 6.07. The topological polar surface area (TPSA) is 110 Å². The third-order valence-corrected chi connectivity index (χ3v) is 4.26. The zero-order valence-corrected chi connectivity index (χ0v) is 11.8. The highest BCUT2D eigenvalue weighted by atomic mass is 32.2. The highest BCUT2D eigenvalue weighted by Crippen LogP contribution is 2.51. The average Bonchev–Trinajstić information content (AvgIpc) is 3.02. The van der Waals surface area contributed by atoms with E-state index in [0.717, 1.165) is 10.6 Å². The van der Waals surface area contributed by atoms with Crippen LogP contribution in [0.5, 0.6) is 0 Å². The van der Waals surface area contributed by atoms with Gasteiger partial charge in [-0.3, -0.25) is 4.57 Å². The van der Waals surface area contributed by atoms with Crippen LogP contribution in [0.2, 0.25) is 0 Å². The molecule has 1 aliphatic carbocycles. The highest BCUT2D eigenvalue weighted by Gasteiger charge is 2.48. The molecule has 8 heteroatoms. The van der Waals surface area contributed by atoms with Crippen molar-refractivity contribution in [3.63, 3.8) is 0 Å². The number of rotatable bonds is 4. The standard InChI is InChI=1S/C12H15N5O2S/c1-20-10-8-9(15-11(13)16-10)17(6-14-8)3-7-2-12(7,4-18)5-19/h3,6,18-19H,2,4-5H2,1H3,(H2,13,15,16)/b7-3-. The largest absolute Gasteiger partial charge is 0.395 e. The van der Waals surface area contributed by atoms with Gasteiger partial charge >= 0.3 is 0 Å². The fourth-order valence-corrected chi connectivity index (χ4v) is 2.70. The minimum Gasteiger partial charge on any atom is -0.395 e. The van der Waals surface area contributed by atoms with E-state index in [1.165, 1.54) is 11.8 Å². The number of nitrogens with two attached hydrogens (primary N) is 1. The third kappa shape index (κ3) is 1.96. The molecule has 0 aromatic carbocycles. The molecule has 1 aliphatic rings. The zero-order valence-electron chi connectivity index (χ0n) is 10.9. The fraction of sp³-hybridized carbons (Fsp3) is 0.417. The normalized spacial score (nSPS) is 18.9. The van der Waals surface area contributed by atoms with Gasteiger partial charge in [0.1, 0.15) is 16.9 Å². The second-order valence-corrected chi connectivity index (χ2v) is 5.64. The lowest BCUT2D eigenvalue weighted by atomic mass is 10.1. The van der Waals surface area contributed by atoms with Gasteiger partial charge in [0.2, 0.25) is 5.95 Å². The molecule has 20 heavy (non-hydrogen) atoms. The van der Waals surface area contributed by atoms with Crippen molar-refractivity contribution in [3.05, 3.63) is 11.9 Å². The Hall–Kier alpha value is -1.64. The SMILES string of the molecule is CSc1nc(N)nc2c1ncn2/C=C1/CC1(CO)CO. The molecule has 0 bridgehead atoms. The average molecular weight is 293 g/mol. The molecule has 0 aliphatic heterocycles. The molecule has 0 saturated heterocycles. The number of aromatic nitrogens is 4. The minimum atomic E-state index is -0.489. The van der Waals surface area contributed by atoms with Crippen LogP contribution >= 0.6 is 11.8 Å². The minimum absolute atomic E-state index is 0.0604. The second kappa shape index (κ2) is 4.72. The van der Waals surface area contributed by atoms with Crippen LogP contribution in [0.3, 0.4) is 0 Å². The molecule has 2 aromatic heterocycles. The lowest BCUT2D eigenvalue weighted by Crippen LogP contribution is -2.12. The first-order chi connectivity index (χ1) is 9.63. The van der Waals surface area contributed by atoms with Gasteiger partial charge in [-0.05, 0) is 18.2 Å². The van der Waals surface area contributed by atoms with Crippen LogP contribution < -0.4 is 5.73 Å². The maximum atomic E-state index is 9.32. The Morgan fingerprint density at radius 3 is 2.80 bits per heavy atom. The summed E-state index contributed by atoms with van der Waals surface area (Å²) in [6.45, 7) is -0.121. The molecule has 0 spiro atoms. The molecule has 0 amide bonds. The van der Waals surface area contributed by atoms with Crippen LogP contribution in [0.4, 0.5) is 5.95 Å². The summed E-state index contributed by atoms with van der Waals surface area (Å²) in [5.74, 6) is 0.202. The zero-order chi connectivity index (χ0) is 14.3. The number of nitrogen functional groups attached to an aromatic ring is 1. The quantitative estimate of drug-likeness (QED) is 0.551. The number of nitrogens with zero attached hydrogens (tertiary/aromatic N) is 4. The first-order valence-electron chi connectivity index (χ1n) is 6.10. The molecule has 1 fully saturated rings. The first-order valence-corrected chi connectivity index (χ1v) is 7.33. The Labute approximate surface area is 119 Å². The third-order valence-electron chi connectivity index (χ3n) is 3.59.